The Hall–Kier alpha value is -3.81. The quantitative estimate of drug-likeness (QED) is 0.686. The average molecular weight is 416 g/mol. The molecule has 0 radical (unpaired) electrons. The second kappa shape index (κ2) is 8.51. The van der Waals surface area contributed by atoms with E-state index < -0.39 is 0 Å². The molecule has 2 heterocycles. The molecule has 2 amide bonds. The highest BCUT2D eigenvalue weighted by Gasteiger charge is 2.26. The van der Waals surface area contributed by atoms with Gasteiger partial charge in [0, 0.05) is 30.6 Å². The van der Waals surface area contributed by atoms with E-state index >= 15 is 0 Å². The molecule has 2 aromatic carbocycles. The van der Waals surface area contributed by atoms with E-state index in [1.165, 1.54) is 5.01 Å². The fraction of sp³-hybridized carbons (Fsp3) is 0.261. The van der Waals surface area contributed by atoms with Crippen LogP contribution in [0.5, 0.6) is 0 Å². The van der Waals surface area contributed by atoms with Gasteiger partial charge in [-0.3, -0.25) is 9.59 Å². The molecule has 0 spiro atoms. The maximum Gasteiger partial charge on any atom is 0.271 e. The van der Waals surface area contributed by atoms with Crippen LogP contribution in [0.4, 0.5) is 11.4 Å². The maximum atomic E-state index is 12.9. The minimum atomic E-state index is -0.322. The Morgan fingerprint density at radius 2 is 1.97 bits per heavy atom. The van der Waals surface area contributed by atoms with Gasteiger partial charge < -0.3 is 9.88 Å². The Kier molecular flexibility index (Phi) is 5.62. The van der Waals surface area contributed by atoms with Gasteiger partial charge in [-0.05, 0) is 50.1 Å². The van der Waals surface area contributed by atoms with Crippen molar-refractivity contribution in [3.8, 4) is 11.4 Å². The number of anilines is 2. The van der Waals surface area contributed by atoms with Gasteiger partial charge in [0.25, 0.3) is 5.91 Å². The van der Waals surface area contributed by atoms with Crippen molar-refractivity contribution in [2.24, 2.45) is 5.10 Å². The molecule has 4 rings (SSSR count). The zero-order valence-electron chi connectivity index (χ0n) is 17.8. The average Bonchev–Trinajstić information content (AvgIpc) is 3.25. The van der Waals surface area contributed by atoms with Crippen molar-refractivity contribution in [2.75, 3.05) is 10.3 Å². The predicted octanol–water partition coefficient (Wildman–Crippen LogP) is 3.70. The largest absolute Gasteiger partial charge is 0.321 e. The van der Waals surface area contributed by atoms with Gasteiger partial charge in [0.05, 0.1) is 5.69 Å². The summed E-state index contributed by atoms with van der Waals surface area (Å²) in [4.78, 5) is 25.4. The van der Waals surface area contributed by atoms with Crippen molar-refractivity contribution in [2.45, 2.75) is 40.2 Å². The monoisotopic (exact) mass is 416 g/mol. The Balaban J connectivity index is 1.58. The van der Waals surface area contributed by atoms with Gasteiger partial charge >= 0.3 is 0 Å². The Morgan fingerprint density at radius 3 is 2.77 bits per heavy atom. The first kappa shape index (κ1) is 20.5. The normalized spacial score (nSPS) is 13.8. The first-order valence-corrected chi connectivity index (χ1v) is 10.2. The predicted molar refractivity (Wildman–Crippen MR) is 120 cm³/mol. The molecule has 31 heavy (non-hydrogen) atoms. The third-order valence-electron chi connectivity index (χ3n) is 5.22. The Labute approximate surface area is 180 Å². The van der Waals surface area contributed by atoms with E-state index in [0.29, 0.717) is 23.5 Å². The molecule has 0 saturated heterocycles. The molecule has 158 valence electrons. The fourth-order valence-corrected chi connectivity index (χ4v) is 3.50. The van der Waals surface area contributed by atoms with E-state index in [4.69, 9.17) is 0 Å². The van der Waals surface area contributed by atoms with Gasteiger partial charge in [-0.15, -0.1) is 10.2 Å². The second-order valence-electron chi connectivity index (χ2n) is 7.52. The van der Waals surface area contributed by atoms with Crippen molar-refractivity contribution < 1.29 is 9.59 Å². The molecule has 0 atom stereocenters. The third-order valence-corrected chi connectivity index (χ3v) is 5.22. The summed E-state index contributed by atoms with van der Waals surface area (Å²) in [6.45, 7) is 6.65. The smallest absolute Gasteiger partial charge is 0.271 e. The standard InChI is InChI=1S/C23H24N6O2/c1-4-28-14-24-26-22(28)17-6-5-7-18(13-17)25-23(31)19-10-11-21(30)29(27-19)20-12-15(2)8-9-16(20)3/h5-9,12-14H,4,10-11H2,1-3H3,(H,25,31). The van der Waals surface area contributed by atoms with Crippen LogP contribution in [0.25, 0.3) is 11.4 Å². The van der Waals surface area contributed by atoms with Crippen LogP contribution >= 0.6 is 0 Å². The van der Waals surface area contributed by atoms with E-state index in [2.05, 4.69) is 20.6 Å². The van der Waals surface area contributed by atoms with E-state index in [1.54, 1.807) is 6.33 Å². The first-order valence-electron chi connectivity index (χ1n) is 10.2. The molecule has 8 heteroatoms. The summed E-state index contributed by atoms with van der Waals surface area (Å²) in [6.07, 6.45) is 2.21. The van der Waals surface area contributed by atoms with Crippen molar-refractivity contribution in [1.29, 1.82) is 0 Å². The third kappa shape index (κ3) is 4.23. The van der Waals surface area contributed by atoms with Crippen LogP contribution in [0.1, 0.15) is 30.9 Å². The van der Waals surface area contributed by atoms with Crippen LogP contribution in [0.3, 0.4) is 0 Å². The number of carbonyl (C=O) groups excluding carboxylic acids is 2. The molecule has 1 aromatic heterocycles. The number of nitrogens with one attached hydrogen (secondary N) is 1. The van der Waals surface area contributed by atoms with Crippen LogP contribution in [-0.2, 0) is 16.1 Å². The first-order chi connectivity index (χ1) is 15.0. The number of amides is 2. The van der Waals surface area contributed by atoms with Gasteiger partial charge in [0.2, 0.25) is 5.91 Å². The number of hydrogen-bond acceptors (Lipinski definition) is 5. The van der Waals surface area contributed by atoms with Crippen LogP contribution in [-0.4, -0.2) is 32.3 Å². The van der Waals surface area contributed by atoms with Crippen LogP contribution < -0.4 is 10.3 Å². The summed E-state index contributed by atoms with van der Waals surface area (Å²) in [7, 11) is 0. The summed E-state index contributed by atoms with van der Waals surface area (Å²) in [5.74, 6) is 0.295. The molecule has 1 aliphatic heterocycles. The highest BCUT2D eigenvalue weighted by molar-refractivity contribution is 6.44. The number of aryl methyl sites for hydroxylation is 3. The topological polar surface area (TPSA) is 92.5 Å². The van der Waals surface area contributed by atoms with Crippen LogP contribution in [0.2, 0.25) is 0 Å². The van der Waals surface area contributed by atoms with E-state index in [0.717, 1.165) is 29.1 Å². The molecular weight excluding hydrogens is 392 g/mol. The zero-order valence-corrected chi connectivity index (χ0v) is 17.8. The molecule has 8 nitrogen and oxygen atoms in total. The molecular formula is C23H24N6O2. The number of carbonyl (C=O) groups is 2. The number of rotatable bonds is 5. The minimum absolute atomic E-state index is 0.119. The van der Waals surface area contributed by atoms with Crippen molar-refractivity contribution in [3.63, 3.8) is 0 Å². The SMILES string of the molecule is CCn1cnnc1-c1cccc(NC(=O)C2=NN(c3cc(C)ccc3C)C(=O)CC2)c1. The summed E-state index contributed by atoms with van der Waals surface area (Å²) >= 11 is 0. The molecule has 1 N–H and O–H groups in total. The lowest BCUT2D eigenvalue weighted by Crippen LogP contribution is -2.36. The molecule has 3 aromatic rings. The molecule has 0 bridgehead atoms. The van der Waals surface area contributed by atoms with Crippen molar-refractivity contribution in [3.05, 3.63) is 59.9 Å². The molecule has 0 unspecified atom stereocenters. The molecule has 0 fully saturated rings. The number of benzene rings is 2. The Bertz CT molecular complexity index is 1180. The van der Waals surface area contributed by atoms with Gasteiger partial charge in [-0.25, -0.2) is 5.01 Å². The Morgan fingerprint density at radius 1 is 1.13 bits per heavy atom. The van der Waals surface area contributed by atoms with Crippen molar-refractivity contribution >= 4 is 28.9 Å². The second-order valence-corrected chi connectivity index (χ2v) is 7.52. The van der Waals surface area contributed by atoms with Gasteiger partial charge in [-0.2, -0.15) is 5.10 Å². The summed E-state index contributed by atoms with van der Waals surface area (Å²) in [5, 5.41) is 16.8. The maximum absolute atomic E-state index is 12.9. The van der Waals surface area contributed by atoms with Gasteiger partial charge in [0.15, 0.2) is 5.82 Å². The molecule has 0 aliphatic carbocycles. The summed E-state index contributed by atoms with van der Waals surface area (Å²) in [5.41, 5.74) is 4.47. The summed E-state index contributed by atoms with van der Waals surface area (Å²) in [6, 6.07) is 13.3. The molecule has 1 aliphatic rings. The fourth-order valence-electron chi connectivity index (χ4n) is 3.50. The lowest BCUT2D eigenvalue weighted by Gasteiger charge is -2.24. The van der Waals surface area contributed by atoms with E-state index in [9.17, 15) is 9.59 Å². The van der Waals surface area contributed by atoms with Gasteiger partial charge in [-0.1, -0.05) is 24.3 Å². The lowest BCUT2D eigenvalue weighted by atomic mass is 10.1. The number of hydrazone groups is 1. The van der Waals surface area contributed by atoms with Crippen LogP contribution in [0, 0.1) is 13.8 Å². The van der Waals surface area contributed by atoms with E-state index in [-0.39, 0.29) is 18.2 Å². The summed E-state index contributed by atoms with van der Waals surface area (Å²) < 4.78 is 1.93. The van der Waals surface area contributed by atoms with E-state index in [1.807, 2.05) is 67.8 Å². The minimum Gasteiger partial charge on any atom is -0.321 e. The lowest BCUT2D eigenvalue weighted by molar-refractivity contribution is -0.118. The zero-order chi connectivity index (χ0) is 22.0. The number of nitrogens with zero attached hydrogens (tertiary/aromatic N) is 5. The van der Waals surface area contributed by atoms with Gasteiger partial charge in [0.1, 0.15) is 12.0 Å². The highest BCUT2D eigenvalue weighted by atomic mass is 16.2. The van der Waals surface area contributed by atoms with Crippen molar-refractivity contribution in [1.82, 2.24) is 14.8 Å². The number of aromatic nitrogens is 3. The molecule has 0 saturated carbocycles. The highest BCUT2D eigenvalue weighted by Crippen LogP contribution is 2.26. The number of hydrogen-bond donors (Lipinski definition) is 1. The van der Waals surface area contributed by atoms with Crippen LogP contribution in [0.15, 0.2) is 53.9 Å².